The minimum atomic E-state index is -0.216. The Balaban J connectivity index is 1.71. The van der Waals surface area contributed by atoms with Crippen LogP contribution in [0.25, 0.3) is 0 Å². The lowest BCUT2D eigenvalue weighted by Crippen LogP contribution is -2.15. The molecule has 0 spiro atoms. The number of hydrogen-bond acceptors (Lipinski definition) is 4. The number of Topliss-reactive ketones (excluding diaryl/α,β-unsaturated/α-hetero) is 1. The van der Waals surface area contributed by atoms with Crippen molar-refractivity contribution in [3.63, 3.8) is 0 Å². The van der Waals surface area contributed by atoms with Crippen molar-refractivity contribution in [2.24, 2.45) is 9.98 Å². The van der Waals surface area contributed by atoms with Crippen molar-refractivity contribution in [3.05, 3.63) is 64.7 Å². The Hall–Kier alpha value is -3.08. The van der Waals surface area contributed by atoms with E-state index in [1.807, 2.05) is 24.3 Å². The van der Waals surface area contributed by atoms with Crippen LogP contribution >= 0.6 is 0 Å². The fourth-order valence-electron chi connectivity index (χ4n) is 3.18. The first kappa shape index (κ1) is 14.5. The Morgan fingerprint density at radius 1 is 1.04 bits per heavy atom. The van der Waals surface area contributed by atoms with Gasteiger partial charge in [0.25, 0.3) is 5.91 Å². The summed E-state index contributed by atoms with van der Waals surface area (Å²) in [5.41, 5.74) is 4.56. The van der Waals surface area contributed by atoms with Crippen LogP contribution in [0.5, 0.6) is 0 Å². The van der Waals surface area contributed by atoms with Crippen LogP contribution in [0.3, 0.4) is 0 Å². The number of nitrogens with one attached hydrogen (secondary N) is 1. The topological polar surface area (TPSA) is 70.9 Å². The lowest BCUT2D eigenvalue weighted by Gasteiger charge is -2.13. The molecule has 24 heavy (non-hydrogen) atoms. The zero-order valence-electron chi connectivity index (χ0n) is 13.0. The number of carbonyl (C=O) groups excluding carboxylic acids is 2. The molecular formula is C19H15N3O2. The van der Waals surface area contributed by atoms with E-state index in [1.165, 1.54) is 0 Å². The highest BCUT2D eigenvalue weighted by atomic mass is 16.1. The van der Waals surface area contributed by atoms with Crippen LogP contribution in [0.4, 0.5) is 5.69 Å². The normalized spacial score (nSPS) is 15.3. The van der Waals surface area contributed by atoms with E-state index in [2.05, 4.69) is 15.3 Å². The zero-order valence-corrected chi connectivity index (χ0v) is 13.0. The van der Waals surface area contributed by atoms with E-state index < -0.39 is 0 Å². The molecule has 118 valence electrons. The van der Waals surface area contributed by atoms with Gasteiger partial charge in [0.05, 0.1) is 17.9 Å². The number of nitrogens with zero attached hydrogens (tertiary/aromatic N) is 2. The molecule has 0 fully saturated rings. The van der Waals surface area contributed by atoms with E-state index in [-0.39, 0.29) is 11.7 Å². The van der Waals surface area contributed by atoms with Gasteiger partial charge in [-0.1, -0.05) is 24.3 Å². The van der Waals surface area contributed by atoms with Crippen LogP contribution in [-0.2, 0) is 6.42 Å². The maximum atomic E-state index is 12.4. The van der Waals surface area contributed by atoms with E-state index >= 15 is 0 Å². The number of benzene rings is 2. The molecule has 4 rings (SSSR count). The van der Waals surface area contributed by atoms with Gasteiger partial charge in [0.15, 0.2) is 5.78 Å². The van der Waals surface area contributed by atoms with Gasteiger partial charge in [-0.05, 0) is 30.2 Å². The number of aliphatic imine (C=N–C) groups is 2. The highest BCUT2D eigenvalue weighted by molar-refractivity contribution is 6.16. The van der Waals surface area contributed by atoms with Gasteiger partial charge in [-0.2, -0.15) is 0 Å². The molecule has 0 saturated heterocycles. The number of rotatable bonds is 3. The molecule has 1 amide bonds. The average molecular weight is 317 g/mol. The summed E-state index contributed by atoms with van der Waals surface area (Å²) < 4.78 is 0. The summed E-state index contributed by atoms with van der Waals surface area (Å²) in [6, 6.07) is 12.7. The molecule has 2 aromatic rings. The van der Waals surface area contributed by atoms with Gasteiger partial charge < -0.3 is 5.32 Å². The van der Waals surface area contributed by atoms with Crippen molar-refractivity contribution in [3.8, 4) is 0 Å². The Morgan fingerprint density at radius 2 is 1.88 bits per heavy atom. The predicted octanol–water partition coefficient (Wildman–Crippen LogP) is 2.90. The molecule has 0 unspecified atom stereocenters. The summed E-state index contributed by atoms with van der Waals surface area (Å²) in [5.74, 6) is -0.151. The summed E-state index contributed by atoms with van der Waals surface area (Å²) in [7, 11) is 0. The molecule has 0 bridgehead atoms. The number of hydrogen-bond donors (Lipinski definition) is 1. The van der Waals surface area contributed by atoms with Crippen molar-refractivity contribution in [1.29, 1.82) is 0 Å². The number of anilines is 1. The van der Waals surface area contributed by atoms with Gasteiger partial charge >= 0.3 is 0 Å². The van der Waals surface area contributed by atoms with E-state index in [4.69, 9.17) is 0 Å². The third kappa shape index (κ3) is 2.44. The van der Waals surface area contributed by atoms with Crippen LogP contribution in [0.15, 0.2) is 52.4 Å². The zero-order chi connectivity index (χ0) is 16.5. The van der Waals surface area contributed by atoms with Gasteiger partial charge in [0.1, 0.15) is 6.34 Å². The van der Waals surface area contributed by atoms with Crippen molar-refractivity contribution < 1.29 is 9.59 Å². The van der Waals surface area contributed by atoms with E-state index in [0.717, 1.165) is 16.8 Å². The average Bonchev–Trinajstić information content (AvgIpc) is 3.27. The van der Waals surface area contributed by atoms with Crippen molar-refractivity contribution in [2.75, 3.05) is 11.9 Å². The Labute approximate surface area is 139 Å². The molecule has 1 heterocycles. The third-order valence-corrected chi connectivity index (χ3v) is 4.33. The SMILES string of the molecule is O=C(Nc1ccc(C2=NC=NC2)c2c1C(=O)CC2)c1ccccc1. The maximum absolute atomic E-state index is 12.4. The number of carbonyl (C=O) groups is 2. The monoisotopic (exact) mass is 317 g/mol. The Morgan fingerprint density at radius 3 is 2.62 bits per heavy atom. The molecule has 2 aliphatic rings. The number of ketones is 1. The van der Waals surface area contributed by atoms with Crippen molar-refractivity contribution >= 4 is 29.4 Å². The summed E-state index contributed by atoms with van der Waals surface area (Å²) in [6.07, 6.45) is 2.69. The highest BCUT2D eigenvalue weighted by Gasteiger charge is 2.28. The fraction of sp³-hybridized carbons (Fsp3) is 0.158. The summed E-state index contributed by atoms with van der Waals surface area (Å²) in [6.45, 7) is 0.538. The molecule has 1 aliphatic heterocycles. The molecule has 5 heteroatoms. The van der Waals surface area contributed by atoms with Crippen molar-refractivity contribution in [1.82, 2.24) is 0 Å². The van der Waals surface area contributed by atoms with Gasteiger partial charge in [-0.3, -0.25) is 14.6 Å². The molecule has 0 radical (unpaired) electrons. The first-order valence-electron chi connectivity index (χ1n) is 7.85. The van der Waals surface area contributed by atoms with Crippen LogP contribution in [0, 0.1) is 0 Å². The summed E-state index contributed by atoms with van der Waals surface area (Å²) in [4.78, 5) is 33.1. The predicted molar refractivity (Wildman–Crippen MR) is 93.4 cm³/mol. The molecule has 0 atom stereocenters. The minimum Gasteiger partial charge on any atom is -0.321 e. The second kappa shape index (κ2) is 5.85. The van der Waals surface area contributed by atoms with Crippen LogP contribution < -0.4 is 5.32 Å². The molecule has 5 nitrogen and oxygen atoms in total. The van der Waals surface area contributed by atoms with Crippen LogP contribution in [0.2, 0.25) is 0 Å². The van der Waals surface area contributed by atoms with E-state index in [0.29, 0.717) is 36.2 Å². The van der Waals surface area contributed by atoms with Crippen LogP contribution in [-0.4, -0.2) is 30.3 Å². The lowest BCUT2D eigenvalue weighted by molar-refractivity contribution is 0.0995. The number of amides is 1. The molecule has 0 aromatic heterocycles. The highest BCUT2D eigenvalue weighted by Crippen LogP contribution is 2.33. The standard InChI is InChI=1S/C19H15N3O2/c23-17-9-7-14-13(16-10-20-11-21-16)6-8-15(18(14)17)22-19(24)12-4-2-1-3-5-12/h1-6,8,11H,7,9-10H2,(H,22,24). The second-order valence-electron chi connectivity index (χ2n) is 5.79. The third-order valence-electron chi connectivity index (χ3n) is 4.33. The van der Waals surface area contributed by atoms with E-state index in [1.54, 1.807) is 24.5 Å². The second-order valence-corrected chi connectivity index (χ2v) is 5.79. The molecule has 0 saturated carbocycles. The van der Waals surface area contributed by atoms with Crippen LogP contribution in [0.1, 0.15) is 38.3 Å². The van der Waals surface area contributed by atoms with Crippen molar-refractivity contribution in [2.45, 2.75) is 12.8 Å². The smallest absolute Gasteiger partial charge is 0.255 e. The maximum Gasteiger partial charge on any atom is 0.255 e. The largest absolute Gasteiger partial charge is 0.321 e. The summed E-state index contributed by atoms with van der Waals surface area (Å²) in [5, 5.41) is 2.88. The lowest BCUT2D eigenvalue weighted by atomic mass is 9.97. The molecule has 1 N–H and O–H groups in total. The first-order chi connectivity index (χ1) is 11.7. The fourth-order valence-corrected chi connectivity index (χ4v) is 3.18. The quantitative estimate of drug-likeness (QED) is 0.945. The number of fused-ring (bicyclic) bond motifs is 1. The Bertz CT molecular complexity index is 898. The van der Waals surface area contributed by atoms with Gasteiger partial charge in [-0.25, -0.2) is 4.99 Å². The summed E-state index contributed by atoms with van der Waals surface area (Å²) >= 11 is 0. The van der Waals surface area contributed by atoms with E-state index in [9.17, 15) is 9.59 Å². The molecular weight excluding hydrogens is 302 g/mol. The van der Waals surface area contributed by atoms with Gasteiger partial charge in [0, 0.05) is 23.1 Å². The molecule has 2 aromatic carbocycles. The molecule has 1 aliphatic carbocycles. The first-order valence-corrected chi connectivity index (χ1v) is 7.85. The van der Waals surface area contributed by atoms with Gasteiger partial charge in [0.2, 0.25) is 0 Å². The minimum absolute atomic E-state index is 0.0646. The van der Waals surface area contributed by atoms with Gasteiger partial charge in [-0.15, -0.1) is 0 Å². The Kier molecular flexibility index (Phi) is 3.54.